The molecule has 0 aliphatic heterocycles. The lowest BCUT2D eigenvalue weighted by molar-refractivity contribution is -0.123. The molecule has 3 aromatic carbocycles. The van der Waals surface area contributed by atoms with E-state index in [1.165, 1.54) is 0 Å². The smallest absolute Gasteiger partial charge is 0.238 e. The van der Waals surface area contributed by atoms with Crippen molar-refractivity contribution >= 4 is 17.5 Å². The van der Waals surface area contributed by atoms with E-state index in [0.29, 0.717) is 5.02 Å². The second-order valence-electron chi connectivity index (χ2n) is 8.08. The van der Waals surface area contributed by atoms with E-state index in [1.807, 2.05) is 73.7 Å². The highest BCUT2D eigenvalue weighted by atomic mass is 35.5. The standard InChI is InChI=1S/C28H26ClN3O/c1-19(20-7-9-22(10-8-20)21-5-3-2-4-6-21)26(30)28(33)32-27(24-15-17-31-18-16-24)23-11-13-25(29)14-12-23/h2-19,26-27H,30H2,1H3,(H,32,33)/t19-,26-,27?/m0/s1. The number of nitrogens with one attached hydrogen (secondary N) is 1. The molecule has 0 bridgehead atoms. The fourth-order valence-corrected chi connectivity index (χ4v) is 3.98. The summed E-state index contributed by atoms with van der Waals surface area (Å²) in [4.78, 5) is 17.3. The number of carbonyl (C=O) groups is 1. The van der Waals surface area contributed by atoms with Crippen molar-refractivity contribution in [2.45, 2.75) is 24.9 Å². The van der Waals surface area contributed by atoms with Gasteiger partial charge in [-0.2, -0.15) is 0 Å². The van der Waals surface area contributed by atoms with E-state index < -0.39 is 6.04 Å². The topological polar surface area (TPSA) is 68.0 Å². The summed E-state index contributed by atoms with van der Waals surface area (Å²) in [6.45, 7) is 1.98. The molecule has 3 N–H and O–H groups in total. The van der Waals surface area contributed by atoms with Gasteiger partial charge in [-0.25, -0.2) is 0 Å². The Labute approximate surface area is 199 Å². The lowest BCUT2D eigenvalue weighted by Crippen LogP contribution is -2.45. The predicted octanol–water partition coefficient (Wildman–Crippen LogP) is 5.74. The van der Waals surface area contributed by atoms with Crippen molar-refractivity contribution in [3.63, 3.8) is 0 Å². The molecule has 0 fully saturated rings. The number of hydrogen-bond acceptors (Lipinski definition) is 3. The molecule has 0 spiro atoms. The first-order chi connectivity index (χ1) is 16.0. The summed E-state index contributed by atoms with van der Waals surface area (Å²) in [5.74, 6) is -0.371. The van der Waals surface area contributed by atoms with Crippen molar-refractivity contribution in [2.24, 2.45) is 5.73 Å². The van der Waals surface area contributed by atoms with Crippen LogP contribution >= 0.6 is 11.6 Å². The molecule has 1 unspecified atom stereocenters. The second kappa shape index (κ2) is 10.4. The number of nitrogens with zero attached hydrogens (tertiary/aromatic N) is 1. The Morgan fingerprint density at radius 2 is 1.33 bits per heavy atom. The quantitative estimate of drug-likeness (QED) is 0.373. The van der Waals surface area contributed by atoms with Gasteiger partial charge in [0, 0.05) is 23.3 Å². The SMILES string of the molecule is C[C@@H](c1ccc(-c2ccccc2)cc1)[C@H](N)C(=O)NC(c1ccncc1)c1ccc(Cl)cc1. The third-order valence-electron chi connectivity index (χ3n) is 5.91. The maximum atomic E-state index is 13.2. The van der Waals surface area contributed by atoms with Gasteiger partial charge < -0.3 is 11.1 Å². The molecule has 1 heterocycles. The van der Waals surface area contributed by atoms with Gasteiger partial charge in [0.2, 0.25) is 5.91 Å². The number of aromatic nitrogens is 1. The maximum absolute atomic E-state index is 13.2. The van der Waals surface area contributed by atoms with Crippen molar-refractivity contribution in [3.8, 4) is 11.1 Å². The Morgan fingerprint density at radius 3 is 1.97 bits per heavy atom. The number of benzene rings is 3. The normalized spacial score (nSPS) is 13.7. The first kappa shape index (κ1) is 22.7. The zero-order valence-corrected chi connectivity index (χ0v) is 19.1. The van der Waals surface area contributed by atoms with Gasteiger partial charge in [0.25, 0.3) is 0 Å². The zero-order valence-electron chi connectivity index (χ0n) is 18.4. The molecule has 1 aromatic heterocycles. The Balaban J connectivity index is 1.51. The van der Waals surface area contributed by atoms with E-state index in [9.17, 15) is 4.79 Å². The van der Waals surface area contributed by atoms with Gasteiger partial charge in [-0.05, 0) is 52.1 Å². The lowest BCUT2D eigenvalue weighted by atomic mass is 9.91. The lowest BCUT2D eigenvalue weighted by Gasteiger charge is -2.25. The van der Waals surface area contributed by atoms with E-state index in [1.54, 1.807) is 12.4 Å². The summed E-state index contributed by atoms with van der Waals surface area (Å²) in [6, 6.07) is 28.6. The average Bonchev–Trinajstić information content (AvgIpc) is 2.88. The number of amides is 1. The average molecular weight is 456 g/mol. The largest absolute Gasteiger partial charge is 0.344 e. The minimum absolute atomic E-state index is 0.155. The molecule has 1 amide bonds. The molecule has 0 aliphatic carbocycles. The molecule has 0 saturated heterocycles. The van der Waals surface area contributed by atoms with E-state index in [0.717, 1.165) is 27.8 Å². The number of hydrogen-bond donors (Lipinski definition) is 2. The van der Waals surface area contributed by atoms with Gasteiger partial charge in [-0.1, -0.05) is 85.3 Å². The van der Waals surface area contributed by atoms with Crippen molar-refractivity contribution in [2.75, 3.05) is 0 Å². The highest BCUT2D eigenvalue weighted by Gasteiger charge is 2.26. The number of rotatable bonds is 7. The van der Waals surface area contributed by atoms with Gasteiger partial charge in [-0.15, -0.1) is 0 Å². The van der Waals surface area contributed by atoms with Gasteiger partial charge in [0.15, 0.2) is 0 Å². The molecule has 5 heteroatoms. The summed E-state index contributed by atoms with van der Waals surface area (Å²) in [7, 11) is 0. The summed E-state index contributed by atoms with van der Waals surface area (Å²) < 4.78 is 0. The fraction of sp³-hybridized carbons (Fsp3) is 0.143. The van der Waals surface area contributed by atoms with Crippen LogP contribution in [0.15, 0.2) is 103 Å². The molecule has 33 heavy (non-hydrogen) atoms. The van der Waals surface area contributed by atoms with Crippen molar-refractivity contribution in [3.05, 3.63) is 125 Å². The number of pyridine rings is 1. The fourth-order valence-electron chi connectivity index (χ4n) is 3.85. The van der Waals surface area contributed by atoms with Crippen LogP contribution in [0.4, 0.5) is 0 Å². The molecule has 3 atom stereocenters. The van der Waals surface area contributed by atoms with Crippen molar-refractivity contribution < 1.29 is 4.79 Å². The first-order valence-corrected chi connectivity index (χ1v) is 11.3. The molecular formula is C28H26ClN3O. The predicted molar refractivity (Wildman–Crippen MR) is 134 cm³/mol. The Kier molecular flexibility index (Phi) is 7.18. The Hall–Kier alpha value is -3.47. The summed E-state index contributed by atoms with van der Waals surface area (Å²) in [5.41, 5.74) is 11.6. The zero-order chi connectivity index (χ0) is 23.2. The van der Waals surface area contributed by atoms with E-state index in [2.05, 4.69) is 34.6 Å². The molecule has 0 saturated carbocycles. The molecular weight excluding hydrogens is 430 g/mol. The highest BCUT2D eigenvalue weighted by molar-refractivity contribution is 6.30. The number of carbonyl (C=O) groups excluding carboxylic acids is 1. The van der Waals surface area contributed by atoms with Crippen LogP contribution in [0.5, 0.6) is 0 Å². The minimum Gasteiger partial charge on any atom is -0.344 e. The molecule has 4 nitrogen and oxygen atoms in total. The molecule has 0 aliphatic rings. The van der Waals surface area contributed by atoms with Gasteiger partial charge >= 0.3 is 0 Å². The second-order valence-corrected chi connectivity index (χ2v) is 8.51. The summed E-state index contributed by atoms with van der Waals surface area (Å²) >= 11 is 6.06. The van der Waals surface area contributed by atoms with E-state index in [4.69, 9.17) is 17.3 Å². The van der Waals surface area contributed by atoms with Gasteiger partial charge in [0.1, 0.15) is 0 Å². The Bertz CT molecular complexity index is 1180. The number of halogens is 1. The highest BCUT2D eigenvalue weighted by Crippen LogP contribution is 2.26. The van der Waals surface area contributed by atoms with Crippen LogP contribution < -0.4 is 11.1 Å². The summed E-state index contributed by atoms with van der Waals surface area (Å²) in [5, 5.41) is 3.76. The van der Waals surface area contributed by atoms with Crippen LogP contribution in [0.1, 0.15) is 35.6 Å². The molecule has 4 rings (SSSR count). The van der Waals surface area contributed by atoms with Crippen LogP contribution in [0.25, 0.3) is 11.1 Å². The third-order valence-corrected chi connectivity index (χ3v) is 6.17. The van der Waals surface area contributed by atoms with Crippen LogP contribution in [-0.4, -0.2) is 16.9 Å². The maximum Gasteiger partial charge on any atom is 0.238 e. The van der Waals surface area contributed by atoms with Crippen LogP contribution in [0, 0.1) is 0 Å². The van der Waals surface area contributed by atoms with E-state index in [-0.39, 0.29) is 17.9 Å². The third kappa shape index (κ3) is 5.48. The monoisotopic (exact) mass is 455 g/mol. The van der Waals surface area contributed by atoms with E-state index >= 15 is 0 Å². The van der Waals surface area contributed by atoms with Gasteiger partial charge in [-0.3, -0.25) is 9.78 Å². The van der Waals surface area contributed by atoms with Crippen molar-refractivity contribution in [1.29, 1.82) is 0 Å². The van der Waals surface area contributed by atoms with Crippen molar-refractivity contribution in [1.82, 2.24) is 10.3 Å². The summed E-state index contributed by atoms with van der Waals surface area (Å²) in [6.07, 6.45) is 3.42. The van der Waals surface area contributed by atoms with Crippen LogP contribution in [-0.2, 0) is 4.79 Å². The molecule has 0 radical (unpaired) electrons. The first-order valence-electron chi connectivity index (χ1n) is 10.9. The van der Waals surface area contributed by atoms with Crippen LogP contribution in [0.3, 0.4) is 0 Å². The molecule has 4 aromatic rings. The Morgan fingerprint density at radius 1 is 0.788 bits per heavy atom. The molecule has 166 valence electrons. The minimum atomic E-state index is -0.704. The number of nitrogens with two attached hydrogens (primary N) is 1. The van der Waals surface area contributed by atoms with Crippen LogP contribution in [0.2, 0.25) is 5.02 Å². The van der Waals surface area contributed by atoms with Gasteiger partial charge in [0.05, 0.1) is 12.1 Å².